The number of benzene rings is 3. The summed E-state index contributed by atoms with van der Waals surface area (Å²) in [6.07, 6.45) is 3.01. The van der Waals surface area contributed by atoms with Gasteiger partial charge in [0.15, 0.2) is 11.7 Å². The normalized spacial score (nSPS) is 15.2. The lowest BCUT2D eigenvalue weighted by atomic mass is 9.85. The number of hydrogen-bond donors (Lipinski definition) is 1. The van der Waals surface area contributed by atoms with E-state index in [0.29, 0.717) is 50.2 Å². The van der Waals surface area contributed by atoms with Gasteiger partial charge in [0.25, 0.3) is 0 Å². The Labute approximate surface area is 235 Å². The topological polar surface area (TPSA) is 114 Å². The van der Waals surface area contributed by atoms with Gasteiger partial charge in [0.2, 0.25) is 10.0 Å². The maximum atomic E-state index is 11.7. The Morgan fingerprint density at radius 2 is 1.70 bits per heavy atom. The maximum absolute atomic E-state index is 11.7. The van der Waals surface area contributed by atoms with Crippen LogP contribution in [0.4, 0.5) is 0 Å². The number of hydrogen-bond acceptors (Lipinski definition) is 7. The van der Waals surface area contributed by atoms with Crippen molar-refractivity contribution < 1.29 is 27.0 Å². The zero-order valence-electron chi connectivity index (χ0n) is 22.5. The number of methoxy groups -OCH3 is 1. The molecule has 2 heterocycles. The van der Waals surface area contributed by atoms with Gasteiger partial charge in [0.1, 0.15) is 5.69 Å². The van der Waals surface area contributed by atoms with Crippen molar-refractivity contribution in [2.24, 2.45) is 5.14 Å². The van der Waals surface area contributed by atoms with E-state index in [1.165, 1.54) is 12.1 Å². The lowest BCUT2D eigenvalue weighted by molar-refractivity contribution is -0.0948. The van der Waals surface area contributed by atoms with Crippen molar-refractivity contribution in [1.82, 2.24) is 4.98 Å². The molecule has 0 amide bonds. The summed E-state index contributed by atoms with van der Waals surface area (Å²) >= 11 is 0. The summed E-state index contributed by atoms with van der Waals surface area (Å²) in [4.78, 5) is 4.82. The van der Waals surface area contributed by atoms with E-state index in [2.05, 4.69) is 24.3 Å². The van der Waals surface area contributed by atoms with E-state index in [1.54, 1.807) is 19.2 Å². The maximum Gasteiger partial charge on any atom is 0.238 e. The van der Waals surface area contributed by atoms with Gasteiger partial charge in [0.05, 0.1) is 17.1 Å². The molecule has 5 rings (SSSR count). The number of primary sulfonamides is 1. The average Bonchev–Trinajstić information content (AvgIpc) is 3.42. The molecule has 0 saturated carbocycles. The number of aromatic nitrogens is 1. The van der Waals surface area contributed by atoms with Crippen LogP contribution in [0.3, 0.4) is 0 Å². The van der Waals surface area contributed by atoms with Crippen molar-refractivity contribution in [3.8, 4) is 22.6 Å². The van der Waals surface area contributed by atoms with Gasteiger partial charge in [-0.3, -0.25) is 0 Å². The number of rotatable bonds is 11. The molecule has 3 aromatic carbocycles. The number of nitrogens with two attached hydrogens (primary N) is 1. The quantitative estimate of drug-likeness (QED) is 0.242. The molecule has 8 nitrogen and oxygen atoms in total. The third-order valence-electron chi connectivity index (χ3n) is 7.26. The summed E-state index contributed by atoms with van der Waals surface area (Å²) in [5, 5.41) is 5.26. The molecule has 210 valence electrons. The second-order valence-corrected chi connectivity index (χ2v) is 11.4. The van der Waals surface area contributed by atoms with Gasteiger partial charge in [-0.15, -0.1) is 0 Å². The van der Waals surface area contributed by atoms with Crippen molar-refractivity contribution in [2.45, 2.75) is 42.8 Å². The number of sulfonamides is 1. The van der Waals surface area contributed by atoms with Crippen molar-refractivity contribution in [3.05, 3.63) is 95.9 Å². The average molecular weight is 563 g/mol. The van der Waals surface area contributed by atoms with Gasteiger partial charge in [-0.2, -0.15) is 0 Å². The van der Waals surface area contributed by atoms with Gasteiger partial charge in [-0.1, -0.05) is 54.6 Å². The van der Waals surface area contributed by atoms with Crippen LogP contribution in [-0.4, -0.2) is 40.3 Å². The van der Waals surface area contributed by atoms with E-state index in [0.717, 1.165) is 41.5 Å². The Morgan fingerprint density at radius 1 is 0.950 bits per heavy atom. The highest BCUT2D eigenvalue weighted by molar-refractivity contribution is 7.89. The van der Waals surface area contributed by atoms with E-state index in [9.17, 15) is 8.42 Å². The summed E-state index contributed by atoms with van der Waals surface area (Å²) in [6, 6.07) is 24.5. The minimum Gasteiger partial charge on any atom is -0.440 e. The van der Waals surface area contributed by atoms with Gasteiger partial charge in [-0.05, 0) is 41.8 Å². The molecule has 1 aromatic heterocycles. The van der Waals surface area contributed by atoms with Crippen LogP contribution in [0.5, 0.6) is 0 Å². The molecule has 0 unspecified atom stereocenters. The minimum absolute atomic E-state index is 0.0464. The van der Waals surface area contributed by atoms with Crippen LogP contribution in [-0.2, 0) is 42.9 Å². The number of aryl methyl sites for hydroxylation is 1. The Balaban J connectivity index is 1.23. The molecule has 0 spiro atoms. The first-order valence-corrected chi connectivity index (χ1v) is 14.9. The van der Waals surface area contributed by atoms with Gasteiger partial charge < -0.3 is 18.6 Å². The van der Waals surface area contributed by atoms with Crippen LogP contribution in [0.1, 0.15) is 36.3 Å². The summed E-state index contributed by atoms with van der Waals surface area (Å²) in [5.74, 6) is 1.18. The molecule has 9 heteroatoms. The molecule has 0 atom stereocenters. The second-order valence-electron chi connectivity index (χ2n) is 9.89. The van der Waals surface area contributed by atoms with E-state index in [1.807, 2.05) is 30.3 Å². The SMILES string of the molecule is COC1(c2cccc(COCCCc3nc(-c4ccccc4)c(-c4ccc(S(N)(=O)=O)cc4)o3)c2)CCOCC1. The third kappa shape index (κ3) is 6.51. The smallest absolute Gasteiger partial charge is 0.238 e. The van der Waals surface area contributed by atoms with Crippen LogP contribution >= 0.6 is 0 Å². The fourth-order valence-electron chi connectivity index (χ4n) is 5.03. The van der Waals surface area contributed by atoms with Crippen molar-refractivity contribution in [1.29, 1.82) is 0 Å². The Hall–Kier alpha value is -3.34. The molecular weight excluding hydrogens is 528 g/mol. The highest BCUT2D eigenvalue weighted by Gasteiger charge is 2.34. The number of ether oxygens (including phenoxy) is 3. The minimum atomic E-state index is -3.78. The van der Waals surface area contributed by atoms with Gasteiger partial charge in [0, 0.05) is 57.3 Å². The summed E-state index contributed by atoms with van der Waals surface area (Å²) in [7, 11) is -2.01. The molecule has 4 aromatic rings. The molecule has 0 aliphatic carbocycles. The van der Waals surface area contributed by atoms with Crippen LogP contribution in [0.2, 0.25) is 0 Å². The fourth-order valence-corrected chi connectivity index (χ4v) is 5.54. The second kappa shape index (κ2) is 12.4. The van der Waals surface area contributed by atoms with E-state index >= 15 is 0 Å². The number of oxazole rings is 1. The zero-order chi connectivity index (χ0) is 28.0. The van der Waals surface area contributed by atoms with E-state index in [-0.39, 0.29) is 10.5 Å². The van der Waals surface area contributed by atoms with E-state index in [4.69, 9.17) is 28.8 Å². The van der Waals surface area contributed by atoms with Crippen molar-refractivity contribution in [3.63, 3.8) is 0 Å². The molecule has 1 fully saturated rings. The lowest BCUT2D eigenvalue weighted by Crippen LogP contribution is -2.35. The largest absolute Gasteiger partial charge is 0.440 e. The first kappa shape index (κ1) is 28.2. The fraction of sp³-hybridized carbons (Fsp3) is 0.323. The lowest BCUT2D eigenvalue weighted by Gasteiger charge is -2.36. The molecule has 1 saturated heterocycles. The summed E-state index contributed by atoms with van der Waals surface area (Å²) < 4.78 is 47.0. The summed E-state index contributed by atoms with van der Waals surface area (Å²) in [6.45, 7) is 2.45. The zero-order valence-corrected chi connectivity index (χ0v) is 23.4. The van der Waals surface area contributed by atoms with Gasteiger partial charge >= 0.3 is 0 Å². The predicted molar refractivity (Wildman–Crippen MR) is 152 cm³/mol. The van der Waals surface area contributed by atoms with Crippen molar-refractivity contribution >= 4 is 10.0 Å². The molecular formula is C31H34N2O6S. The predicted octanol–water partition coefficient (Wildman–Crippen LogP) is 5.46. The molecule has 1 aliphatic heterocycles. The van der Waals surface area contributed by atoms with Crippen LogP contribution in [0.15, 0.2) is 88.2 Å². The Kier molecular flexibility index (Phi) is 8.78. The molecule has 1 aliphatic rings. The highest BCUT2D eigenvalue weighted by Crippen LogP contribution is 2.36. The van der Waals surface area contributed by atoms with Crippen LogP contribution < -0.4 is 5.14 Å². The third-order valence-corrected chi connectivity index (χ3v) is 8.19. The highest BCUT2D eigenvalue weighted by atomic mass is 32.2. The molecule has 0 bridgehead atoms. The van der Waals surface area contributed by atoms with Crippen LogP contribution in [0.25, 0.3) is 22.6 Å². The van der Waals surface area contributed by atoms with Gasteiger partial charge in [-0.25, -0.2) is 18.5 Å². The Morgan fingerprint density at radius 3 is 2.40 bits per heavy atom. The standard InChI is InChI=1S/C31H34N2O6S/c1-36-31(16-19-37-20-17-31)26-10-5-7-23(21-26)22-38-18-6-11-28-33-29(24-8-3-2-4-9-24)30(39-28)25-12-14-27(15-13-25)40(32,34)35/h2-5,7-10,12-15,21H,6,11,16-20,22H2,1H3,(H2,32,34,35). The van der Waals surface area contributed by atoms with E-state index < -0.39 is 10.0 Å². The molecule has 40 heavy (non-hydrogen) atoms. The van der Waals surface area contributed by atoms with Crippen LogP contribution in [0, 0.1) is 0 Å². The Bertz CT molecular complexity index is 1510. The first-order valence-electron chi connectivity index (χ1n) is 13.4. The first-order chi connectivity index (χ1) is 19.4. The monoisotopic (exact) mass is 562 g/mol. The molecule has 0 radical (unpaired) electrons. The molecule has 2 N–H and O–H groups in total. The number of nitrogens with zero attached hydrogens (tertiary/aromatic N) is 1. The summed E-state index contributed by atoms with van der Waals surface area (Å²) in [5.41, 5.74) is 4.31. The van der Waals surface area contributed by atoms with Crippen molar-refractivity contribution in [2.75, 3.05) is 26.9 Å².